The van der Waals surface area contributed by atoms with Gasteiger partial charge in [-0.25, -0.2) is 0 Å². The molecule has 15 heavy (non-hydrogen) atoms. The number of hydrogen-bond acceptors (Lipinski definition) is 2. The van der Waals surface area contributed by atoms with Crippen molar-refractivity contribution in [2.45, 2.75) is 33.3 Å². The summed E-state index contributed by atoms with van der Waals surface area (Å²) in [5, 5.41) is 19.2. The molecule has 0 bridgehead atoms. The molecule has 2 heteroatoms. The molecule has 1 N–H and O–H groups in total. The second-order valence-corrected chi connectivity index (χ2v) is 4.20. The van der Waals surface area contributed by atoms with Crippen molar-refractivity contribution < 1.29 is 5.11 Å². The van der Waals surface area contributed by atoms with Crippen LogP contribution in [0.5, 0.6) is 0 Å². The Hall–Kier alpha value is -1.33. The molecule has 1 rings (SSSR count). The summed E-state index contributed by atoms with van der Waals surface area (Å²) in [6.07, 6.45) is -0.0773. The fraction of sp³-hybridized carbons (Fsp3) is 0.462. The zero-order valence-corrected chi connectivity index (χ0v) is 9.49. The van der Waals surface area contributed by atoms with Crippen molar-refractivity contribution in [3.8, 4) is 6.07 Å². The first-order valence-corrected chi connectivity index (χ1v) is 5.19. The van der Waals surface area contributed by atoms with E-state index in [4.69, 9.17) is 5.26 Å². The molecule has 2 atom stereocenters. The highest BCUT2D eigenvalue weighted by atomic mass is 16.3. The van der Waals surface area contributed by atoms with Gasteiger partial charge in [0, 0.05) is 0 Å². The van der Waals surface area contributed by atoms with Gasteiger partial charge in [0.2, 0.25) is 0 Å². The summed E-state index contributed by atoms with van der Waals surface area (Å²) in [6.45, 7) is 5.71. The van der Waals surface area contributed by atoms with E-state index in [-0.39, 0.29) is 0 Å². The SMILES string of the molecule is CCC(C)(C#N)C(O)c1ccc(C)cc1. The van der Waals surface area contributed by atoms with Crippen LogP contribution in [0, 0.1) is 23.7 Å². The van der Waals surface area contributed by atoms with E-state index in [1.807, 2.05) is 38.1 Å². The summed E-state index contributed by atoms with van der Waals surface area (Å²) >= 11 is 0. The summed E-state index contributed by atoms with van der Waals surface area (Å²) < 4.78 is 0. The normalized spacial score (nSPS) is 16.5. The van der Waals surface area contributed by atoms with Crippen LogP contribution in [0.15, 0.2) is 24.3 Å². The number of hydrogen-bond donors (Lipinski definition) is 1. The quantitative estimate of drug-likeness (QED) is 0.820. The highest BCUT2D eigenvalue weighted by Gasteiger charge is 2.32. The van der Waals surface area contributed by atoms with E-state index in [0.29, 0.717) is 6.42 Å². The fourth-order valence-electron chi connectivity index (χ4n) is 1.45. The van der Waals surface area contributed by atoms with Gasteiger partial charge in [0.15, 0.2) is 0 Å². The Morgan fingerprint density at radius 2 is 1.93 bits per heavy atom. The number of aryl methyl sites for hydroxylation is 1. The van der Waals surface area contributed by atoms with Crippen LogP contribution < -0.4 is 0 Å². The molecule has 0 aliphatic rings. The number of rotatable bonds is 3. The van der Waals surface area contributed by atoms with Crippen molar-refractivity contribution in [2.75, 3.05) is 0 Å². The molecule has 0 saturated carbocycles. The van der Waals surface area contributed by atoms with E-state index >= 15 is 0 Å². The second-order valence-electron chi connectivity index (χ2n) is 4.20. The largest absolute Gasteiger partial charge is 0.387 e. The zero-order chi connectivity index (χ0) is 11.5. The number of nitrogens with zero attached hydrogens (tertiary/aromatic N) is 1. The van der Waals surface area contributed by atoms with Crippen LogP contribution in [-0.2, 0) is 0 Å². The lowest BCUT2D eigenvalue weighted by atomic mass is 9.80. The summed E-state index contributed by atoms with van der Waals surface area (Å²) in [5.74, 6) is 0. The second kappa shape index (κ2) is 4.46. The fourth-order valence-corrected chi connectivity index (χ4v) is 1.45. The molecule has 0 aromatic heterocycles. The minimum absolute atomic E-state index is 0.637. The Balaban J connectivity index is 2.99. The standard InChI is InChI=1S/C13H17NO/c1-4-13(3,9-14)12(15)11-7-5-10(2)6-8-11/h5-8,12,15H,4H2,1-3H3. The monoisotopic (exact) mass is 203 g/mol. The van der Waals surface area contributed by atoms with Crippen LogP contribution in [0.4, 0.5) is 0 Å². The summed E-state index contributed by atoms with van der Waals surface area (Å²) in [5.41, 5.74) is 1.27. The predicted octanol–water partition coefficient (Wildman–Crippen LogP) is 2.97. The summed E-state index contributed by atoms with van der Waals surface area (Å²) in [7, 11) is 0. The van der Waals surface area contributed by atoms with E-state index in [2.05, 4.69) is 6.07 Å². The maximum atomic E-state index is 10.1. The van der Waals surface area contributed by atoms with Gasteiger partial charge in [-0.3, -0.25) is 0 Å². The lowest BCUT2D eigenvalue weighted by Crippen LogP contribution is -2.22. The minimum atomic E-state index is -0.715. The maximum absolute atomic E-state index is 10.1. The van der Waals surface area contributed by atoms with Gasteiger partial charge in [-0.05, 0) is 25.8 Å². The molecule has 0 amide bonds. The van der Waals surface area contributed by atoms with E-state index in [9.17, 15) is 5.11 Å². The van der Waals surface area contributed by atoms with Crippen molar-refractivity contribution in [1.82, 2.24) is 0 Å². The van der Waals surface area contributed by atoms with Crippen LogP contribution in [0.25, 0.3) is 0 Å². The molecule has 0 radical (unpaired) electrons. The van der Waals surface area contributed by atoms with Gasteiger partial charge in [-0.15, -0.1) is 0 Å². The first-order chi connectivity index (χ1) is 7.03. The van der Waals surface area contributed by atoms with E-state index in [1.54, 1.807) is 6.92 Å². The third-order valence-corrected chi connectivity index (χ3v) is 2.99. The third kappa shape index (κ3) is 2.37. The molecule has 0 aliphatic heterocycles. The maximum Gasteiger partial charge on any atom is 0.0973 e. The Morgan fingerprint density at radius 1 is 1.40 bits per heavy atom. The van der Waals surface area contributed by atoms with Crippen LogP contribution >= 0.6 is 0 Å². The zero-order valence-electron chi connectivity index (χ0n) is 9.49. The van der Waals surface area contributed by atoms with E-state index < -0.39 is 11.5 Å². The third-order valence-electron chi connectivity index (χ3n) is 2.99. The minimum Gasteiger partial charge on any atom is -0.387 e. The molecule has 0 heterocycles. The van der Waals surface area contributed by atoms with Crippen LogP contribution in [0.1, 0.15) is 37.5 Å². The van der Waals surface area contributed by atoms with Crippen LogP contribution in [-0.4, -0.2) is 5.11 Å². The lowest BCUT2D eigenvalue weighted by Gasteiger charge is -2.26. The molecule has 0 spiro atoms. The van der Waals surface area contributed by atoms with Crippen LogP contribution in [0.2, 0.25) is 0 Å². The molecule has 80 valence electrons. The van der Waals surface area contributed by atoms with Gasteiger partial charge in [-0.2, -0.15) is 5.26 Å². The number of aliphatic hydroxyl groups is 1. The van der Waals surface area contributed by atoms with E-state index in [0.717, 1.165) is 11.1 Å². The predicted molar refractivity (Wildman–Crippen MR) is 60.1 cm³/mol. The average molecular weight is 203 g/mol. The molecule has 0 aliphatic carbocycles. The molecule has 1 aromatic rings. The molecule has 0 fully saturated rings. The average Bonchev–Trinajstić information content (AvgIpc) is 2.28. The van der Waals surface area contributed by atoms with Crippen LogP contribution in [0.3, 0.4) is 0 Å². The van der Waals surface area contributed by atoms with E-state index in [1.165, 1.54) is 0 Å². The Morgan fingerprint density at radius 3 is 2.33 bits per heavy atom. The van der Waals surface area contributed by atoms with Gasteiger partial charge < -0.3 is 5.11 Å². The smallest absolute Gasteiger partial charge is 0.0973 e. The Kier molecular flexibility index (Phi) is 3.49. The van der Waals surface area contributed by atoms with Gasteiger partial charge in [-0.1, -0.05) is 36.8 Å². The van der Waals surface area contributed by atoms with Crippen molar-refractivity contribution in [1.29, 1.82) is 5.26 Å². The van der Waals surface area contributed by atoms with Crippen molar-refractivity contribution in [3.63, 3.8) is 0 Å². The number of nitriles is 1. The first kappa shape index (κ1) is 11.7. The molecule has 2 unspecified atom stereocenters. The Labute approximate surface area is 91.2 Å². The highest BCUT2D eigenvalue weighted by molar-refractivity contribution is 5.26. The molecular formula is C13H17NO. The van der Waals surface area contributed by atoms with Gasteiger partial charge in [0.1, 0.15) is 0 Å². The van der Waals surface area contributed by atoms with Crippen molar-refractivity contribution in [2.24, 2.45) is 5.41 Å². The number of benzene rings is 1. The first-order valence-electron chi connectivity index (χ1n) is 5.19. The van der Waals surface area contributed by atoms with Gasteiger partial charge in [0.05, 0.1) is 17.6 Å². The molecule has 1 aromatic carbocycles. The Bertz CT molecular complexity index is 363. The molecule has 0 saturated heterocycles. The van der Waals surface area contributed by atoms with Gasteiger partial charge >= 0.3 is 0 Å². The molecule has 2 nitrogen and oxygen atoms in total. The summed E-state index contributed by atoms with van der Waals surface area (Å²) in [6, 6.07) is 9.85. The topological polar surface area (TPSA) is 44.0 Å². The van der Waals surface area contributed by atoms with Crippen molar-refractivity contribution in [3.05, 3.63) is 35.4 Å². The van der Waals surface area contributed by atoms with Gasteiger partial charge in [0.25, 0.3) is 0 Å². The lowest BCUT2D eigenvalue weighted by molar-refractivity contribution is 0.0722. The summed E-state index contributed by atoms with van der Waals surface area (Å²) in [4.78, 5) is 0. The van der Waals surface area contributed by atoms with Crippen molar-refractivity contribution >= 4 is 0 Å². The highest BCUT2D eigenvalue weighted by Crippen LogP contribution is 2.35. The number of aliphatic hydroxyl groups excluding tert-OH is 1. The molecular weight excluding hydrogens is 186 g/mol.